The summed E-state index contributed by atoms with van der Waals surface area (Å²) < 4.78 is 31.0. The van der Waals surface area contributed by atoms with Crippen molar-refractivity contribution >= 4 is 22.1 Å². The van der Waals surface area contributed by atoms with Gasteiger partial charge < -0.3 is 4.74 Å². The van der Waals surface area contributed by atoms with Crippen LogP contribution in [0.3, 0.4) is 0 Å². The molecule has 1 aromatic carbocycles. The predicted octanol–water partition coefficient (Wildman–Crippen LogP) is 1.70. The van der Waals surface area contributed by atoms with E-state index in [4.69, 9.17) is 17.0 Å². The molecule has 0 unspecified atom stereocenters. The summed E-state index contributed by atoms with van der Waals surface area (Å²) >= 11 is 5.37. The molecule has 25 heavy (non-hydrogen) atoms. The van der Waals surface area contributed by atoms with E-state index < -0.39 is 9.84 Å². The first-order valence-corrected chi connectivity index (χ1v) is 10.4. The number of ether oxygens (including phenoxy) is 1. The van der Waals surface area contributed by atoms with Crippen LogP contribution in [0, 0.1) is 4.77 Å². The highest BCUT2D eigenvalue weighted by atomic mass is 32.2. The molecular formula is C16H22N4O3S2. The molecule has 2 heterocycles. The van der Waals surface area contributed by atoms with Crippen LogP contribution in [0.1, 0.15) is 6.42 Å². The fourth-order valence-electron chi connectivity index (χ4n) is 3.00. The number of sulfone groups is 1. The largest absolute Gasteiger partial charge is 0.383 e. The highest BCUT2D eigenvalue weighted by molar-refractivity contribution is 7.91. The van der Waals surface area contributed by atoms with Gasteiger partial charge in [0.25, 0.3) is 0 Å². The molecule has 0 radical (unpaired) electrons. The molecule has 1 aromatic heterocycles. The molecule has 1 aliphatic heterocycles. The van der Waals surface area contributed by atoms with Crippen molar-refractivity contribution in [3.05, 3.63) is 35.1 Å². The summed E-state index contributed by atoms with van der Waals surface area (Å²) in [6, 6.07) is 9.74. The topological polar surface area (TPSA) is 80.2 Å². The van der Waals surface area contributed by atoms with Gasteiger partial charge in [-0.3, -0.25) is 10.00 Å². The van der Waals surface area contributed by atoms with Crippen molar-refractivity contribution in [1.29, 1.82) is 0 Å². The van der Waals surface area contributed by atoms with Gasteiger partial charge in [-0.2, -0.15) is 4.98 Å². The molecule has 0 amide bonds. The normalized spacial score (nSPS) is 19.5. The summed E-state index contributed by atoms with van der Waals surface area (Å²) in [4.78, 5) is 6.51. The minimum absolute atomic E-state index is 0.0227. The molecule has 1 saturated heterocycles. The monoisotopic (exact) mass is 382 g/mol. The number of benzene rings is 1. The lowest BCUT2D eigenvalue weighted by atomic mass is 10.2. The van der Waals surface area contributed by atoms with Crippen molar-refractivity contribution in [3.8, 4) is 11.4 Å². The molecule has 136 valence electrons. The van der Waals surface area contributed by atoms with E-state index in [0.29, 0.717) is 36.8 Å². The van der Waals surface area contributed by atoms with Gasteiger partial charge in [0.15, 0.2) is 15.7 Å². The number of H-pyrrole nitrogens is 1. The predicted molar refractivity (Wildman–Crippen MR) is 98.5 cm³/mol. The van der Waals surface area contributed by atoms with Gasteiger partial charge in [0.1, 0.15) is 0 Å². The second kappa shape index (κ2) is 7.77. The van der Waals surface area contributed by atoms with E-state index in [0.717, 1.165) is 5.56 Å². The number of rotatable bonds is 7. The summed E-state index contributed by atoms with van der Waals surface area (Å²) in [7, 11) is -1.31. The molecule has 3 rings (SSSR count). The van der Waals surface area contributed by atoms with Crippen LogP contribution in [0.5, 0.6) is 0 Å². The van der Waals surface area contributed by atoms with E-state index in [2.05, 4.69) is 15.0 Å². The Kier molecular flexibility index (Phi) is 5.67. The standard InChI is InChI=1S/C16H22N4O3S2/c1-23-9-8-19(14-7-10-25(21,22)11-14)12-20-16(24)17-15(18-20)13-5-3-2-4-6-13/h2-6,14H,7-12H2,1H3,(H,17,18,24)/t14-/m0/s1. The first kappa shape index (κ1) is 18.2. The Morgan fingerprint density at radius 3 is 2.80 bits per heavy atom. The maximum atomic E-state index is 11.8. The number of aromatic nitrogens is 3. The number of hydrogen-bond donors (Lipinski definition) is 1. The van der Waals surface area contributed by atoms with E-state index in [-0.39, 0.29) is 17.5 Å². The van der Waals surface area contributed by atoms with Crippen LogP contribution in [0.25, 0.3) is 11.4 Å². The van der Waals surface area contributed by atoms with Gasteiger partial charge in [-0.1, -0.05) is 30.3 Å². The van der Waals surface area contributed by atoms with Crippen molar-refractivity contribution in [2.24, 2.45) is 0 Å². The molecule has 1 atom stereocenters. The van der Waals surface area contributed by atoms with Gasteiger partial charge in [0.2, 0.25) is 4.77 Å². The summed E-state index contributed by atoms with van der Waals surface area (Å²) in [5, 5.41) is 3.22. The van der Waals surface area contributed by atoms with E-state index >= 15 is 0 Å². The van der Waals surface area contributed by atoms with Crippen molar-refractivity contribution in [2.75, 3.05) is 31.8 Å². The zero-order valence-corrected chi connectivity index (χ0v) is 15.7. The van der Waals surface area contributed by atoms with Gasteiger partial charge >= 0.3 is 0 Å². The van der Waals surface area contributed by atoms with Crippen LogP contribution in [0.15, 0.2) is 30.3 Å². The van der Waals surface area contributed by atoms with E-state index in [1.165, 1.54) is 0 Å². The number of nitrogens with zero attached hydrogens (tertiary/aromatic N) is 3. The lowest BCUT2D eigenvalue weighted by Crippen LogP contribution is -2.40. The Balaban J connectivity index is 1.80. The lowest BCUT2D eigenvalue weighted by molar-refractivity contribution is 0.0982. The minimum atomic E-state index is -2.95. The Hall–Kier alpha value is -1.55. The molecule has 9 heteroatoms. The second-order valence-corrected chi connectivity index (χ2v) is 8.75. The molecule has 1 aliphatic rings. The number of hydrogen-bond acceptors (Lipinski definition) is 6. The molecule has 0 bridgehead atoms. The number of nitrogens with one attached hydrogen (secondary N) is 1. The van der Waals surface area contributed by atoms with Crippen LogP contribution in [-0.2, 0) is 21.2 Å². The average Bonchev–Trinajstić information content (AvgIpc) is 3.14. The Bertz CT molecular complexity index is 861. The summed E-state index contributed by atoms with van der Waals surface area (Å²) in [5.74, 6) is 1.13. The third kappa shape index (κ3) is 4.55. The smallest absolute Gasteiger partial charge is 0.217 e. The molecule has 7 nitrogen and oxygen atoms in total. The Labute approximate surface area is 152 Å². The fraction of sp³-hybridized carbons (Fsp3) is 0.500. The van der Waals surface area contributed by atoms with E-state index in [9.17, 15) is 8.42 Å². The van der Waals surface area contributed by atoms with E-state index in [1.54, 1.807) is 11.8 Å². The number of aromatic amines is 1. The summed E-state index contributed by atoms with van der Waals surface area (Å²) in [6.07, 6.45) is 0.638. The van der Waals surface area contributed by atoms with Crippen LogP contribution < -0.4 is 0 Å². The third-order valence-electron chi connectivity index (χ3n) is 4.36. The zero-order valence-electron chi connectivity index (χ0n) is 14.1. The van der Waals surface area contributed by atoms with Crippen LogP contribution in [0.2, 0.25) is 0 Å². The minimum Gasteiger partial charge on any atom is -0.383 e. The first-order chi connectivity index (χ1) is 12.0. The molecule has 2 aromatic rings. The van der Waals surface area contributed by atoms with Crippen molar-refractivity contribution < 1.29 is 13.2 Å². The van der Waals surface area contributed by atoms with Crippen molar-refractivity contribution in [3.63, 3.8) is 0 Å². The maximum Gasteiger partial charge on any atom is 0.217 e. The van der Waals surface area contributed by atoms with E-state index in [1.807, 2.05) is 30.3 Å². The van der Waals surface area contributed by atoms with Crippen molar-refractivity contribution in [1.82, 2.24) is 19.7 Å². The molecule has 1 fully saturated rings. The molecule has 0 spiro atoms. The SMILES string of the molecule is COCCN(Cn1[nH]c(-c2ccccc2)nc1=S)[C@H]1CCS(=O)(=O)C1. The van der Waals surface area contributed by atoms with Crippen molar-refractivity contribution in [2.45, 2.75) is 19.1 Å². The van der Waals surface area contributed by atoms with Crippen LogP contribution >= 0.6 is 12.2 Å². The first-order valence-electron chi connectivity index (χ1n) is 8.14. The van der Waals surface area contributed by atoms with Gasteiger partial charge in [-0.05, 0) is 18.6 Å². The van der Waals surface area contributed by atoms with Gasteiger partial charge in [-0.25, -0.2) is 13.1 Å². The fourth-order valence-corrected chi connectivity index (χ4v) is 4.96. The van der Waals surface area contributed by atoms with Gasteiger partial charge in [0, 0.05) is 25.3 Å². The molecular weight excluding hydrogens is 360 g/mol. The molecule has 0 aliphatic carbocycles. The van der Waals surface area contributed by atoms with Crippen LogP contribution in [-0.4, -0.2) is 65.9 Å². The zero-order chi connectivity index (χ0) is 17.9. The Morgan fingerprint density at radius 2 is 2.16 bits per heavy atom. The molecule has 1 N–H and O–H groups in total. The third-order valence-corrected chi connectivity index (χ3v) is 6.42. The lowest BCUT2D eigenvalue weighted by Gasteiger charge is -2.27. The Morgan fingerprint density at radius 1 is 1.40 bits per heavy atom. The second-order valence-electron chi connectivity index (χ2n) is 6.15. The molecule has 0 saturated carbocycles. The highest BCUT2D eigenvalue weighted by Crippen LogP contribution is 2.19. The quantitative estimate of drug-likeness (QED) is 0.734. The maximum absolute atomic E-state index is 11.8. The van der Waals surface area contributed by atoms with Gasteiger partial charge in [0.05, 0.1) is 24.8 Å². The van der Waals surface area contributed by atoms with Crippen LogP contribution in [0.4, 0.5) is 0 Å². The number of methoxy groups -OCH3 is 1. The highest BCUT2D eigenvalue weighted by Gasteiger charge is 2.32. The summed E-state index contributed by atoms with van der Waals surface area (Å²) in [6.45, 7) is 1.63. The summed E-state index contributed by atoms with van der Waals surface area (Å²) in [5.41, 5.74) is 0.958. The van der Waals surface area contributed by atoms with Gasteiger partial charge in [-0.15, -0.1) is 0 Å². The average molecular weight is 383 g/mol.